The second kappa shape index (κ2) is 8.05. The predicted molar refractivity (Wildman–Crippen MR) is 104 cm³/mol. The van der Waals surface area contributed by atoms with Crippen molar-refractivity contribution in [2.75, 3.05) is 10.8 Å². The number of benzene rings is 2. The van der Waals surface area contributed by atoms with Crippen molar-refractivity contribution < 1.29 is 8.42 Å². The van der Waals surface area contributed by atoms with Gasteiger partial charge in [0.15, 0.2) is 0 Å². The number of aryl methyl sites for hydroxylation is 2. The summed E-state index contributed by atoms with van der Waals surface area (Å²) in [6, 6.07) is 15.3. The third-order valence-corrected chi connectivity index (χ3v) is 6.73. The highest BCUT2D eigenvalue weighted by molar-refractivity contribution is 7.92. The Morgan fingerprint density at radius 2 is 1.72 bits per heavy atom. The average molecular weight is 358 g/mol. The van der Waals surface area contributed by atoms with E-state index in [0.717, 1.165) is 30.5 Å². The molecule has 0 fully saturated rings. The standard InChI is InChI=1S/C21H27NO2S/c1-2-3-4-5-9-18-13-15-20(16-14-18)25(23,24)22-17-8-11-19-10-6-7-12-21(19)22/h6-7,10,12-16H,2-5,8-9,11,17H2,1H3. The largest absolute Gasteiger partial charge is 0.266 e. The minimum Gasteiger partial charge on any atom is -0.266 e. The molecule has 3 nitrogen and oxygen atoms in total. The maximum absolute atomic E-state index is 13.1. The second-order valence-corrected chi connectivity index (χ2v) is 8.63. The molecule has 1 heterocycles. The molecule has 4 heteroatoms. The van der Waals surface area contributed by atoms with Gasteiger partial charge in [0, 0.05) is 6.54 Å². The first-order valence-electron chi connectivity index (χ1n) is 9.32. The smallest absolute Gasteiger partial charge is 0.264 e. The van der Waals surface area contributed by atoms with Crippen LogP contribution in [-0.4, -0.2) is 15.0 Å². The monoisotopic (exact) mass is 357 g/mol. The van der Waals surface area contributed by atoms with Gasteiger partial charge in [0.25, 0.3) is 10.0 Å². The van der Waals surface area contributed by atoms with Crippen molar-refractivity contribution in [2.24, 2.45) is 0 Å². The zero-order valence-electron chi connectivity index (χ0n) is 14.9. The van der Waals surface area contributed by atoms with E-state index >= 15 is 0 Å². The summed E-state index contributed by atoms with van der Waals surface area (Å²) < 4.78 is 27.7. The Balaban J connectivity index is 1.77. The summed E-state index contributed by atoms with van der Waals surface area (Å²) >= 11 is 0. The van der Waals surface area contributed by atoms with E-state index in [-0.39, 0.29) is 0 Å². The maximum Gasteiger partial charge on any atom is 0.264 e. The van der Waals surface area contributed by atoms with E-state index in [9.17, 15) is 8.42 Å². The van der Waals surface area contributed by atoms with Gasteiger partial charge in [-0.2, -0.15) is 0 Å². The first kappa shape index (κ1) is 18.0. The van der Waals surface area contributed by atoms with Crippen LogP contribution in [0.25, 0.3) is 0 Å². The maximum atomic E-state index is 13.1. The number of fused-ring (bicyclic) bond motifs is 1. The SMILES string of the molecule is CCCCCCc1ccc(S(=O)(=O)N2CCCc3ccccc32)cc1. The lowest BCUT2D eigenvalue weighted by Crippen LogP contribution is -2.35. The topological polar surface area (TPSA) is 37.4 Å². The molecule has 0 aliphatic carbocycles. The first-order valence-corrected chi connectivity index (χ1v) is 10.8. The Labute approximate surface area is 151 Å². The predicted octanol–water partition coefficient (Wildman–Crippen LogP) is 4.95. The molecule has 0 amide bonds. The Morgan fingerprint density at radius 1 is 0.960 bits per heavy atom. The van der Waals surface area contributed by atoms with Gasteiger partial charge in [-0.1, -0.05) is 56.5 Å². The lowest BCUT2D eigenvalue weighted by molar-refractivity contribution is 0.586. The number of unbranched alkanes of at least 4 members (excludes halogenated alkanes) is 3. The molecule has 0 unspecified atom stereocenters. The molecular formula is C21H27NO2S. The fourth-order valence-electron chi connectivity index (χ4n) is 3.46. The molecular weight excluding hydrogens is 330 g/mol. The van der Waals surface area contributed by atoms with Gasteiger partial charge in [-0.15, -0.1) is 0 Å². The molecule has 0 radical (unpaired) electrons. The lowest BCUT2D eigenvalue weighted by atomic mass is 10.0. The molecule has 25 heavy (non-hydrogen) atoms. The highest BCUT2D eigenvalue weighted by Gasteiger charge is 2.28. The van der Waals surface area contributed by atoms with Gasteiger partial charge in [0.1, 0.15) is 0 Å². The van der Waals surface area contributed by atoms with Crippen molar-refractivity contribution in [3.8, 4) is 0 Å². The number of rotatable bonds is 7. The highest BCUT2D eigenvalue weighted by Crippen LogP contribution is 2.31. The number of sulfonamides is 1. The number of hydrogen-bond acceptors (Lipinski definition) is 2. The van der Waals surface area contributed by atoms with E-state index in [2.05, 4.69) is 6.92 Å². The summed E-state index contributed by atoms with van der Waals surface area (Å²) in [6.45, 7) is 2.76. The highest BCUT2D eigenvalue weighted by atomic mass is 32.2. The van der Waals surface area contributed by atoms with Crippen LogP contribution in [0.3, 0.4) is 0 Å². The van der Waals surface area contributed by atoms with Crippen molar-refractivity contribution in [3.63, 3.8) is 0 Å². The van der Waals surface area contributed by atoms with Crippen LogP contribution in [0.5, 0.6) is 0 Å². The Bertz CT molecular complexity index is 797. The molecule has 2 aromatic carbocycles. The summed E-state index contributed by atoms with van der Waals surface area (Å²) in [6.07, 6.45) is 7.73. The second-order valence-electron chi connectivity index (χ2n) is 6.76. The third-order valence-electron chi connectivity index (χ3n) is 4.90. The van der Waals surface area contributed by atoms with Gasteiger partial charge in [0.05, 0.1) is 10.6 Å². The number of hydrogen-bond donors (Lipinski definition) is 0. The van der Waals surface area contributed by atoms with Gasteiger partial charge >= 0.3 is 0 Å². The van der Waals surface area contributed by atoms with Crippen LogP contribution in [0.1, 0.15) is 50.2 Å². The first-order chi connectivity index (χ1) is 12.1. The molecule has 2 aromatic rings. The van der Waals surface area contributed by atoms with Gasteiger partial charge in [0.2, 0.25) is 0 Å². The van der Waals surface area contributed by atoms with E-state index in [4.69, 9.17) is 0 Å². The summed E-state index contributed by atoms with van der Waals surface area (Å²) in [5, 5.41) is 0. The zero-order valence-corrected chi connectivity index (χ0v) is 15.8. The van der Waals surface area contributed by atoms with Crippen LogP contribution in [0.2, 0.25) is 0 Å². The molecule has 1 aliphatic rings. The van der Waals surface area contributed by atoms with Crippen molar-refractivity contribution in [1.82, 2.24) is 0 Å². The Hall–Kier alpha value is -1.81. The van der Waals surface area contributed by atoms with Crippen LogP contribution in [0.15, 0.2) is 53.4 Å². The minimum absolute atomic E-state index is 0.390. The van der Waals surface area contributed by atoms with Crippen LogP contribution < -0.4 is 4.31 Å². The van der Waals surface area contributed by atoms with Crippen molar-refractivity contribution in [2.45, 2.75) is 56.8 Å². The van der Waals surface area contributed by atoms with Crippen LogP contribution in [0.4, 0.5) is 5.69 Å². The fourth-order valence-corrected chi connectivity index (χ4v) is 5.00. The third kappa shape index (κ3) is 4.06. The van der Waals surface area contributed by atoms with E-state index in [0.29, 0.717) is 11.4 Å². The van der Waals surface area contributed by atoms with Gasteiger partial charge in [-0.3, -0.25) is 4.31 Å². The molecule has 0 bridgehead atoms. The van der Waals surface area contributed by atoms with Crippen molar-refractivity contribution >= 4 is 15.7 Å². The van der Waals surface area contributed by atoms with E-state index in [1.54, 1.807) is 16.4 Å². The summed E-state index contributed by atoms with van der Waals surface area (Å²) in [5.74, 6) is 0. The van der Waals surface area contributed by atoms with E-state index < -0.39 is 10.0 Å². The summed E-state index contributed by atoms with van der Waals surface area (Å²) in [4.78, 5) is 0.390. The normalized spacial score (nSPS) is 14.4. The fraction of sp³-hybridized carbons (Fsp3) is 0.429. The van der Waals surface area contributed by atoms with Gasteiger partial charge in [-0.25, -0.2) is 8.42 Å². The molecule has 0 saturated heterocycles. The summed E-state index contributed by atoms with van der Waals surface area (Å²) in [5.41, 5.74) is 3.16. The van der Waals surface area contributed by atoms with Crippen molar-refractivity contribution in [3.05, 3.63) is 59.7 Å². The molecule has 0 spiro atoms. The van der Waals surface area contributed by atoms with Crippen LogP contribution in [0, 0.1) is 0 Å². The van der Waals surface area contributed by atoms with Gasteiger partial charge < -0.3 is 0 Å². The summed E-state index contributed by atoms with van der Waals surface area (Å²) in [7, 11) is -3.49. The number of nitrogens with zero attached hydrogens (tertiary/aromatic N) is 1. The van der Waals surface area contributed by atoms with Crippen molar-refractivity contribution in [1.29, 1.82) is 0 Å². The van der Waals surface area contributed by atoms with E-state index in [1.165, 1.54) is 31.2 Å². The molecule has 134 valence electrons. The molecule has 0 atom stereocenters. The minimum atomic E-state index is -3.49. The molecule has 0 aromatic heterocycles. The van der Waals surface area contributed by atoms with Crippen LogP contribution >= 0.6 is 0 Å². The van der Waals surface area contributed by atoms with Crippen LogP contribution in [-0.2, 0) is 22.9 Å². The molecule has 0 saturated carbocycles. The van der Waals surface area contributed by atoms with E-state index in [1.807, 2.05) is 36.4 Å². The van der Waals surface area contributed by atoms with Gasteiger partial charge in [-0.05, 0) is 55.0 Å². The molecule has 3 rings (SSSR count). The average Bonchev–Trinajstić information content (AvgIpc) is 2.65. The number of para-hydroxylation sites is 1. The Kier molecular flexibility index (Phi) is 5.79. The molecule has 1 aliphatic heterocycles. The molecule has 0 N–H and O–H groups in total. The zero-order chi connectivity index (χ0) is 17.7. The Morgan fingerprint density at radius 3 is 2.48 bits per heavy atom. The quantitative estimate of drug-likeness (QED) is 0.657. The lowest BCUT2D eigenvalue weighted by Gasteiger charge is -2.30. The number of anilines is 1.